The van der Waals surface area contributed by atoms with E-state index in [1.165, 1.54) is 63.4 Å². The maximum atomic E-state index is 4.60. The van der Waals surface area contributed by atoms with Crippen molar-refractivity contribution >= 4 is 0 Å². The zero-order valence-corrected chi connectivity index (χ0v) is 29.3. The number of terminal acetylenes is 1. The second-order valence-electron chi connectivity index (χ2n) is 11.9. The zero-order valence-electron chi connectivity index (χ0n) is 29.3. The van der Waals surface area contributed by atoms with Crippen molar-refractivity contribution in [1.29, 1.82) is 0 Å². The van der Waals surface area contributed by atoms with Crippen molar-refractivity contribution in [2.24, 2.45) is 23.7 Å². The first-order valence-electron chi connectivity index (χ1n) is 16.6. The van der Waals surface area contributed by atoms with Gasteiger partial charge in [-0.2, -0.15) is 0 Å². The lowest BCUT2D eigenvalue weighted by Gasteiger charge is -2.26. The first-order valence-corrected chi connectivity index (χ1v) is 16.6. The third-order valence-corrected chi connectivity index (χ3v) is 8.11. The van der Waals surface area contributed by atoms with E-state index in [2.05, 4.69) is 104 Å². The van der Waals surface area contributed by atoms with Crippen LogP contribution in [0.4, 0.5) is 0 Å². The number of hydrogen-bond donors (Lipinski definition) is 0. The Hall–Kier alpha value is -2.26. The first kappa shape index (κ1) is 40.9. The summed E-state index contributed by atoms with van der Waals surface area (Å²) in [5.41, 5.74) is 9.31. The van der Waals surface area contributed by atoms with Gasteiger partial charge >= 0.3 is 0 Å². The van der Waals surface area contributed by atoms with Gasteiger partial charge < -0.3 is 0 Å². The molecule has 0 bridgehead atoms. The molecule has 0 nitrogen and oxygen atoms in total. The Bertz CT molecular complexity index is 924. The molecular formula is C41H68. The van der Waals surface area contributed by atoms with Gasteiger partial charge in [0.2, 0.25) is 0 Å². The van der Waals surface area contributed by atoms with Crippen molar-refractivity contribution < 1.29 is 0 Å². The minimum Gasteiger partial charge on any atom is -0.120 e. The van der Waals surface area contributed by atoms with Crippen molar-refractivity contribution in [3.05, 3.63) is 83.0 Å². The standard InChI is InChI=1S/C23H34.C10H18.C3H6.C3H4.C2H6/c1-6-10-20-13-14-22(19(5)23(20)7-2)16-17(3)15-21-12-9-8-11-18(21)4;1-8(2)10-6-4-9(3)5-7-10;2*1-3-2;1-2/h8-9,12-14,17-18H,6-7,10-11,15-16H2,1-5H3;9-10H,1,4-7H2,2-3H3;3H,1H2,2H3;1H,2H3;1-2H3. The van der Waals surface area contributed by atoms with E-state index in [0.717, 1.165) is 30.1 Å². The molecule has 0 heterocycles. The number of allylic oxidation sites excluding steroid dienone is 6. The molecule has 0 aromatic heterocycles. The van der Waals surface area contributed by atoms with Gasteiger partial charge in [0.15, 0.2) is 0 Å². The second-order valence-corrected chi connectivity index (χ2v) is 11.9. The second kappa shape index (κ2) is 25.5. The predicted octanol–water partition coefficient (Wildman–Crippen LogP) is 12.8. The molecule has 0 heteroatoms. The fourth-order valence-electron chi connectivity index (χ4n) is 5.74. The van der Waals surface area contributed by atoms with Gasteiger partial charge in [0.05, 0.1) is 0 Å². The van der Waals surface area contributed by atoms with Gasteiger partial charge in [-0.15, -0.1) is 18.9 Å². The van der Waals surface area contributed by atoms with Crippen LogP contribution in [0.15, 0.2) is 60.7 Å². The molecule has 1 fully saturated rings. The van der Waals surface area contributed by atoms with Crippen LogP contribution in [0.5, 0.6) is 0 Å². The molecule has 0 aliphatic heterocycles. The summed E-state index contributed by atoms with van der Waals surface area (Å²) in [6.45, 7) is 31.1. The van der Waals surface area contributed by atoms with E-state index < -0.39 is 0 Å². The van der Waals surface area contributed by atoms with Gasteiger partial charge in [-0.25, -0.2) is 0 Å². The van der Waals surface area contributed by atoms with Crippen LogP contribution in [-0.2, 0) is 19.3 Å². The number of rotatable bonds is 8. The summed E-state index contributed by atoms with van der Waals surface area (Å²) in [4.78, 5) is 0. The van der Waals surface area contributed by atoms with Crippen molar-refractivity contribution in [3.63, 3.8) is 0 Å². The van der Waals surface area contributed by atoms with Crippen LogP contribution < -0.4 is 0 Å². The normalized spacial score (nSPS) is 19.5. The molecule has 1 aromatic rings. The van der Waals surface area contributed by atoms with Gasteiger partial charge in [-0.1, -0.05) is 122 Å². The summed E-state index contributed by atoms with van der Waals surface area (Å²) >= 11 is 0. The maximum Gasteiger partial charge on any atom is -0.00297 e. The minimum atomic E-state index is 0.718. The van der Waals surface area contributed by atoms with E-state index in [0.29, 0.717) is 0 Å². The largest absolute Gasteiger partial charge is 0.120 e. The molecule has 1 aromatic carbocycles. The Labute approximate surface area is 258 Å². The van der Waals surface area contributed by atoms with Gasteiger partial charge in [0.25, 0.3) is 0 Å². The predicted molar refractivity (Wildman–Crippen MR) is 191 cm³/mol. The topological polar surface area (TPSA) is 0 Å². The molecule has 2 unspecified atom stereocenters. The van der Waals surface area contributed by atoms with Crippen LogP contribution in [0.1, 0.15) is 136 Å². The fourth-order valence-corrected chi connectivity index (χ4v) is 5.74. The Morgan fingerprint density at radius 3 is 2.07 bits per heavy atom. The lowest BCUT2D eigenvalue weighted by molar-refractivity contribution is 0.321. The Morgan fingerprint density at radius 2 is 1.61 bits per heavy atom. The molecule has 0 N–H and O–H groups in total. The van der Waals surface area contributed by atoms with E-state index in [4.69, 9.17) is 0 Å². The summed E-state index contributed by atoms with van der Waals surface area (Å²) in [6, 6.07) is 4.79. The van der Waals surface area contributed by atoms with Crippen molar-refractivity contribution in [2.45, 2.75) is 140 Å². The molecule has 0 amide bonds. The van der Waals surface area contributed by atoms with Crippen molar-refractivity contribution in [1.82, 2.24) is 0 Å². The van der Waals surface area contributed by atoms with Crippen LogP contribution in [0, 0.1) is 42.9 Å². The molecule has 0 saturated heterocycles. The summed E-state index contributed by atoms with van der Waals surface area (Å²) in [5, 5.41) is 0. The summed E-state index contributed by atoms with van der Waals surface area (Å²) in [7, 11) is 0. The highest BCUT2D eigenvalue weighted by Gasteiger charge is 2.18. The highest BCUT2D eigenvalue weighted by molar-refractivity contribution is 5.41. The first-order chi connectivity index (χ1) is 19.6. The van der Waals surface area contributed by atoms with Crippen molar-refractivity contribution in [3.8, 4) is 12.3 Å². The van der Waals surface area contributed by atoms with E-state index in [1.54, 1.807) is 40.8 Å². The van der Waals surface area contributed by atoms with Crippen LogP contribution in [-0.4, -0.2) is 0 Å². The molecule has 232 valence electrons. The lowest BCUT2D eigenvalue weighted by atomic mass is 9.80. The van der Waals surface area contributed by atoms with Gasteiger partial charge in [-0.05, 0) is 119 Å². The number of aryl methyl sites for hydroxylation is 1. The van der Waals surface area contributed by atoms with E-state index in [9.17, 15) is 0 Å². The molecule has 41 heavy (non-hydrogen) atoms. The van der Waals surface area contributed by atoms with E-state index >= 15 is 0 Å². The highest BCUT2D eigenvalue weighted by atomic mass is 14.2. The van der Waals surface area contributed by atoms with Gasteiger partial charge in [-0.3, -0.25) is 0 Å². The summed E-state index contributed by atoms with van der Waals surface area (Å²) in [5.74, 6) is 5.50. The lowest BCUT2D eigenvalue weighted by Crippen LogP contribution is -2.12. The summed E-state index contributed by atoms with van der Waals surface area (Å²) in [6.07, 6.45) is 26.1. The summed E-state index contributed by atoms with van der Waals surface area (Å²) < 4.78 is 0. The van der Waals surface area contributed by atoms with Crippen LogP contribution in [0.3, 0.4) is 0 Å². The number of hydrogen-bond acceptors (Lipinski definition) is 0. The Kier molecular flexibility index (Phi) is 25.4. The average Bonchev–Trinajstić information content (AvgIpc) is 2.94. The molecular weight excluding hydrogens is 492 g/mol. The molecule has 2 aliphatic rings. The Balaban J connectivity index is 0. The molecule has 2 atom stereocenters. The van der Waals surface area contributed by atoms with E-state index in [1.807, 2.05) is 20.8 Å². The minimum absolute atomic E-state index is 0.718. The molecule has 3 rings (SSSR count). The SMILES string of the molecule is C#CC.C=C(C)C1CCC(C)CC1.C=CC.CC.CCCc1ccc(CC(C)CC2=CC=CCC2C)c(C)c1CC. The van der Waals surface area contributed by atoms with E-state index in [-0.39, 0.29) is 0 Å². The van der Waals surface area contributed by atoms with Crippen LogP contribution in [0.2, 0.25) is 0 Å². The molecule has 2 aliphatic carbocycles. The Morgan fingerprint density at radius 1 is 1.07 bits per heavy atom. The van der Waals surface area contributed by atoms with Crippen LogP contribution >= 0.6 is 0 Å². The monoisotopic (exact) mass is 561 g/mol. The van der Waals surface area contributed by atoms with Gasteiger partial charge in [0.1, 0.15) is 0 Å². The maximum absolute atomic E-state index is 4.60. The number of benzene rings is 1. The smallest absolute Gasteiger partial charge is 0.00297 e. The quantitative estimate of drug-likeness (QED) is 0.219. The van der Waals surface area contributed by atoms with Crippen molar-refractivity contribution in [2.75, 3.05) is 0 Å². The molecule has 0 spiro atoms. The molecule has 1 saturated carbocycles. The average molecular weight is 561 g/mol. The zero-order chi connectivity index (χ0) is 31.8. The third kappa shape index (κ3) is 17.3. The third-order valence-electron chi connectivity index (χ3n) is 8.11. The van der Waals surface area contributed by atoms with Crippen LogP contribution in [0.25, 0.3) is 0 Å². The molecule has 0 radical (unpaired) electrons. The van der Waals surface area contributed by atoms with Gasteiger partial charge in [0, 0.05) is 0 Å². The highest BCUT2D eigenvalue weighted by Crippen LogP contribution is 2.32. The fraction of sp³-hybridized carbons (Fsp3) is 0.610.